The Labute approximate surface area is 82.0 Å². The minimum Gasteiger partial charge on any atom is -0.496 e. The molecule has 4 heteroatoms. The van der Waals surface area contributed by atoms with E-state index in [2.05, 4.69) is 16.7 Å². The van der Waals surface area contributed by atoms with Gasteiger partial charge in [0.05, 0.1) is 12.7 Å². The predicted octanol–water partition coefficient (Wildman–Crippen LogP) is 1.91. The van der Waals surface area contributed by atoms with E-state index >= 15 is 0 Å². The summed E-state index contributed by atoms with van der Waals surface area (Å²) in [5, 5.41) is 0. The molecular formula is C10H11FN2O. The van der Waals surface area contributed by atoms with Gasteiger partial charge in [0.1, 0.15) is 11.6 Å². The Morgan fingerprint density at radius 2 is 2.21 bits per heavy atom. The molecule has 0 aliphatic heterocycles. The van der Waals surface area contributed by atoms with Crippen LogP contribution in [0.2, 0.25) is 0 Å². The molecular weight excluding hydrogens is 183 g/mol. The van der Waals surface area contributed by atoms with E-state index in [9.17, 15) is 4.39 Å². The summed E-state index contributed by atoms with van der Waals surface area (Å²) in [4.78, 5) is 7.44. The van der Waals surface area contributed by atoms with Crippen LogP contribution in [-0.2, 0) is 0 Å². The summed E-state index contributed by atoms with van der Waals surface area (Å²) in [6.07, 6.45) is 0. The number of hydrogen-bond donors (Lipinski definition) is 0. The summed E-state index contributed by atoms with van der Waals surface area (Å²) in [6, 6.07) is 4.54. The maximum absolute atomic E-state index is 13.4. The molecule has 0 aliphatic rings. The van der Waals surface area contributed by atoms with Gasteiger partial charge in [0.25, 0.3) is 0 Å². The van der Waals surface area contributed by atoms with E-state index in [4.69, 9.17) is 4.74 Å². The lowest BCUT2D eigenvalue weighted by molar-refractivity contribution is 0.410. The first-order valence-corrected chi connectivity index (χ1v) is 4.01. The fourth-order valence-corrected chi connectivity index (χ4v) is 1.15. The van der Waals surface area contributed by atoms with Crippen LogP contribution < -0.4 is 4.74 Å². The molecule has 0 saturated carbocycles. The quantitative estimate of drug-likeness (QED) is 0.523. The largest absolute Gasteiger partial charge is 0.496 e. The van der Waals surface area contributed by atoms with Crippen molar-refractivity contribution < 1.29 is 9.13 Å². The van der Waals surface area contributed by atoms with Crippen LogP contribution in [-0.4, -0.2) is 26.7 Å². The van der Waals surface area contributed by atoms with E-state index < -0.39 is 5.82 Å². The minimum absolute atomic E-state index is 0.236. The van der Waals surface area contributed by atoms with E-state index in [1.54, 1.807) is 12.1 Å². The number of benzene rings is 1. The van der Waals surface area contributed by atoms with E-state index in [1.165, 1.54) is 20.2 Å². The van der Waals surface area contributed by atoms with Gasteiger partial charge in [0.2, 0.25) is 0 Å². The average molecular weight is 194 g/mol. The Kier molecular flexibility index (Phi) is 3.34. The second-order valence-electron chi connectivity index (χ2n) is 2.52. The van der Waals surface area contributed by atoms with E-state index in [0.717, 1.165) is 0 Å². The van der Waals surface area contributed by atoms with Crippen molar-refractivity contribution in [1.82, 2.24) is 0 Å². The van der Waals surface area contributed by atoms with E-state index in [0.29, 0.717) is 5.75 Å². The third-order valence-corrected chi connectivity index (χ3v) is 1.78. The summed E-state index contributed by atoms with van der Waals surface area (Å²) in [5.41, 5.74) is 0.243. The van der Waals surface area contributed by atoms with Crippen molar-refractivity contribution in [3.8, 4) is 5.75 Å². The van der Waals surface area contributed by atoms with Gasteiger partial charge in [-0.2, -0.15) is 0 Å². The van der Waals surface area contributed by atoms with Gasteiger partial charge in [-0.15, -0.1) is 0 Å². The van der Waals surface area contributed by atoms with Crippen molar-refractivity contribution in [2.75, 3.05) is 14.2 Å². The summed E-state index contributed by atoms with van der Waals surface area (Å²) < 4.78 is 18.4. The maximum atomic E-state index is 13.4. The third-order valence-electron chi connectivity index (χ3n) is 1.78. The fraction of sp³-hybridized carbons (Fsp3) is 0.200. The standard InChI is InChI=1S/C10H11FN2O/c1-12-10(13-2)9-7(11)5-4-6-8(9)14-3/h4-6H,1H2,2-3H3. The van der Waals surface area contributed by atoms with Crippen LogP contribution in [0.25, 0.3) is 0 Å². The summed E-state index contributed by atoms with van der Waals surface area (Å²) in [6.45, 7) is 3.32. The summed E-state index contributed by atoms with van der Waals surface area (Å²) >= 11 is 0. The molecule has 3 nitrogen and oxygen atoms in total. The first kappa shape index (κ1) is 10.4. The third kappa shape index (κ3) is 1.79. The molecule has 1 aromatic carbocycles. The topological polar surface area (TPSA) is 34.0 Å². The van der Waals surface area contributed by atoms with Crippen LogP contribution >= 0.6 is 0 Å². The van der Waals surface area contributed by atoms with E-state index in [1.807, 2.05) is 0 Å². The highest BCUT2D eigenvalue weighted by Gasteiger charge is 2.13. The van der Waals surface area contributed by atoms with Gasteiger partial charge in [-0.25, -0.2) is 9.38 Å². The molecule has 0 unspecified atom stereocenters. The second kappa shape index (κ2) is 4.50. The highest BCUT2D eigenvalue weighted by atomic mass is 19.1. The molecule has 0 heterocycles. The number of nitrogens with zero attached hydrogens (tertiary/aromatic N) is 2. The van der Waals surface area contributed by atoms with Crippen molar-refractivity contribution >= 4 is 12.6 Å². The van der Waals surface area contributed by atoms with Crippen molar-refractivity contribution in [1.29, 1.82) is 0 Å². The van der Waals surface area contributed by atoms with Crippen LogP contribution in [0.3, 0.4) is 0 Å². The Hall–Kier alpha value is -1.71. The molecule has 0 spiro atoms. The lowest BCUT2D eigenvalue weighted by Crippen LogP contribution is -2.03. The van der Waals surface area contributed by atoms with Gasteiger partial charge >= 0.3 is 0 Å². The number of ether oxygens (including phenoxy) is 1. The van der Waals surface area contributed by atoms with Crippen molar-refractivity contribution in [2.24, 2.45) is 9.98 Å². The molecule has 0 bridgehead atoms. The second-order valence-corrected chi connectivity index (χ2v) is 2.52. The zero-order chi connectivity index (χ0) is 10.6. The monoisotopic (exact) mass is 194 g/mol. The predicted molar refractivity (Wildman–Crippen MR) is 55.0 cm³/mol. The molecule has 1 rings (SSSR count). The SMILES string of the molecule is C=NC(=NC)c1c(F)cccc1OC. The van der Waals surface area contributed by atoms with Crippen molar-refractivity contribution in [3.63, 3.8) is 0 Å². The summed E-state index contributed by atoms with van der Waals surface area (Å²) in [5.74, 6) is 0.218. The Morgan fingerprint density at radius 1 is 1.50 bits per heavy atom. The van der Waals surface area contributed by atoms with Crippen LogP contribution in [0.1, 0.15) is 5.56 Å². The minimum atomic E-state index is -0.419. The molecule has 0 radical (unpaired) electrons. The summed E-state index contributed by atoms with van der Waals surface area (Å²) in [7, 11) is 2.99. The molecule has 1 aromatic rings. The smallest absolute Gasteiger partial charge is 0.160 e. The van der Waals surface area contributed by atoms with Gasteiger partial charge in [-0.05, 0) is 18.9 Å². The lowest BCUT2D eigenvalue weighted by Gasteiger charge is -2.07. The Balaban J connectivity index is 3.36. The van der Waals surface area contributed by atoms with E-state index in [-0.39, 0.29) is 11.4 Å². The molecule has 74 valence electrons. The molecule has 0 saturated heterocycles. The number of methoxy groups -OCH3 is 1. The Morgan fingerprint density at radius 3 is 2.71 bits per heavy atom. The molecule has 0 aromatic heterocycles. The van der Waals surface area contributed by atoms with Gasteiger partial charge in [-0.3, -0.25) is 4.99 Å². The number of aliphatic imine (C=N–C) groups is 2. The zero-order valence-corrected chi connectivity index (χ0v) is 8.12. The number of halogens is 1. The van der Waals surface area contributed by atoms with Crippen LogP contribution in [0.4, 0.5) is 4.39 Å². The average Bonchev–Trinajstić information content (AvgIpc) is 2.22. The number of rotatable bonds is 2. The van der Waals surface area contributed by atoms with Gasteiger partial charge in [-0.1, -0.05) is 6.07 Å². The molecule has 0 fully saturated rings. The van der Waals surface area contributed by atoms with Gasteiger partial charge in [0, 0.05) is 7.05 Å². The van der Waals surface area contributed by atoms with Crippen molar-refractivity contribution in [3.05, 3.63) is 29.6 Å². The zero-order valence-electron chi connectivity index (χ0n) is 8.12. The van der Waals surface area contributed by atoms with Crippen LogP contribution in [0.5, 0.6) is 5.75 Å². The van der Waals surface area contributed by atoms with Gasteiger partial charge in [0.15, 0.2) is 5.84 Å². The molecule has 14 heavy (non-hydrogen) atoms. The maximum Gasteiger partial charge on any atom is 0.160 e. The number of amidine groups is 1. The van der Waals surface area contributed by atoms with Gasteiger partial charge < -0.3 is 4.74 Å². The first-order chi connectivity index (χ1) is 6.74. The molecule has 0 aliphatic carbocycles. The Bertz CT molecular complexity index is 374. The highest BCUT2D eigenvalue weighted by molar-refractivity contribution is 6.03. The molecule has 0 amide bonds. The highest BCUT2D eigenvalue weighted by Crippen LogP contribution is 2.22. The number of hydrogen-bond acceptors (Lipinski definition) is 2. The molecule has 0 N–H and O–H groups in total. The fourth-order valence-electron chi connectivity index (χ4n) is 1.15. The van der Waals surface area contributed by atoms with Crippen LogP contribution in [0.15, 0.2) is 28.2 Å². The lowest BCUT2D eigenvalue weighted by atomic mass is 10.1. The normalized spacial score (nSPS) is 11.2. The van der Waals surface area contributed by atoms with Crippen LogP contribution in [0, 0.1) is 5.82 Å². The van der Waals surface area contributed by atoms with Crippen molar-refractivity contribution in [2.45, 2.75) is 0 Å². The first-order valence-electron chi connectivity index (χ1n) is 4.01. The molecule has 0 atom stereocenters.